The van der Waals surface area contributed by atoms with Crippen molar-refractivity contribution in [2.75, 3.05) is 17.2 Å². The molecule has 0 saturated carbocycles. The van der Waals surface area contributed by atoms with Gasteiger partial charge in [-0.1, -0.05) is 6.07 Å². The van der Waals surface area contributed by atoms with Crippen molar-refractivity contribution in [1.29, 1.82) is 0 Å². The molecule has 0 aliphatic carbocycles. The molecule has 0 amide bonds. The molecule has 0 radical (unpaired) electrons. The predicted octanol–water partition coefficient (Wildman–Crippen LogP) is 1.73. The van der Waals surface area contributed by atoms with E-state index in [2.05, 4.69) is 21.9 Å². The van der Waals surface area contributed by atoms with E-state index in [9.17, 15) is 0 Å². The van der Waals surface area contributed by atoms with Gasteiger partial charge in [-0.15, -0.1) is 0 Å². The van der Waals surface area contributed by atoms with E-state index in [-0.39, 0.29) is 0 Å². The van der Waals surface area contributed by atoms with Gasteiger partial charge in [0.2, 0.25) is 0 Å². The molecule has 2 N–H and O–H groups in total. The monoisotopic (exact) mass is 245 g/mol. The standard InChI is InChI=1S/C13H19N5/c1-4-18(9-11-7-5-6-8-15-11)13-12(14)10(2)16-17(13)3/h5-8H,4,9,14H2,1-3H3. The van der Waals surface area contributed by atoms with E-state index < -0.39 is 0 Å². The first-order valence-corrected chi connectivity index (χ1v) is 6.07. The number of aryl methyl sites for hydroxylation is 2. The highest BCUT2D eigenvalue weighted by Crippen LogP contribution is 2.26. The Balaban J connectivity index is 2.29. The first-order valence-electron chi connectivity index (χ1n) is 6.07. The van der Waals surface area contributed by atoms with Gasteiger partial charge in [0.05, 0.1) is 23.6 Å². The zero-order valence-electron chi connectivity index (χ0n) is 11.1. The lowest BCUT2D eigenvalue weighted by Crippen LogP contribution is -2.25. The van der Waals surface area contributed by atoms with E-state index in [1.54, 1.807) is 6.20 Å². The molecule has 5 heteroatoms. The zero-order valence-corrected chi connectivity index (χ0v) is 11.1. The Morgan fingerprint density at radius 2 is 2.17 bits per heavy atom. The minimum absolute atomic E-state index is 0.737. The van der Waals surface area contributed by atoms with Crippen LogP contribution in [0.3, 0.4) is 0 Å². The van der Waals surface area contributed by atoms with Gasteiger partial charge in [0.25, 0.3) is 0 Å². The minimum Gasteiger partial charge on any atom is -0.394 e. The molecule has 2 rings (SSSR count). The summed E-state index contributed by atoms with van der Waals surface area (Å²) >= 11 is 0. The molecule has 18 heavy (non-hydrogen) atoms. The van der Waals surface area contributed by atoms with Crippen LogP contribution in [0.15, 0.2) is 24.4 Å². The topological polar surface area (TPSA) is 60.0 Å². The molecule has 96 valence electrons. The number of nitrogens with two attached hydrogens (primary N) is 1. The quantitative estimate of drug-likeness (QED) is 0.891. The highest BCUT2D eigenvalue weighted by atomic mass is 15.4. The van der Waals surface area contributed by atoms with Crippen LogP contribution in [-0.2, 0) is 13.6 Å². The fraction of sp³-hybridized carbons (Fsp3) is 0.385. The van der Waals surface area contributed by atoms with Crippen molar-refractivity contribution in [3.63, 3.8) is 0 Å². The van der Waals surface area contributed by atoms with E-state index in [1.165, 1.54) is 0 Å². The van der Waals surface area contributed by atoms with Crippen LogP contribution < -0.4 is 10.6 Å². The van der Waals surface area contributed by atoms with E-state index in [0.29, 0.717) is 0 Å². The van der Waals surface area contributed by atoms with Gasteiger partial charge in [0.15, 0.2) is 5.82 Å². The van der Waals surface area contributed by atoms with Gasteiger partial charge in [0, 0.05) is 19.8 Å². The lowest BCUT2D eigenvalue weighted by atomic mass is 10.3. The third-order valence-corrected chi connectivity index (χ3v) is 3.00. The minimum atomic E-state index is 0.737. The SMILES string of the molecule is CCN(Cc1ccccn1)c1c(N)c(C)nn1C. The van der Waals surface area contributed by atoms with Gasteiger partial charge in [-0.05, 0) is 26.0 Å². The second-order valence-corrected chi connectivity index (χ2v) is 4.28. The number of hydrogen-bond donors (Lipinski definition) is 1. The Morgan fingerprint density at radius 3 is 2.67 bits per heavy atom. The smallest absolute Gasteiger partial charge is 0.150 e. The van der Waals surface area contributed by atoms with Gasteiger partial charge >= 0.3 is 0 Å². The number of nitrogen functional groups attached to an aromatic ring is 1. The Kier molecular flexibility index (Phi) is 3.50. The van der Waals surface area contributed by atoms with Crippen LogP contribution in [0.5, 0.6) is 0 Å². The number of pyridine rings is 1. The predicted molar refractivity (Wildman–Crippen MR) is 73.3 cm³/mol. The number of rotatable bonds is 4. The Bertz CT molecular complexity index is 518. The first kappa shape index (κ1) is 12.4. The second-order valence-electron chi connectivity index (χ2n) is 4.28. The van der Waals surface area contributed by atoms with Crippen LogP contribution in [-0.4, -0.2) is 21.3 Å². The zero-order chi connectivity index (χ0) is 13.1. The third-order valence-electron chi connectivity index (χ3n) is 3.00. The lowest BCUT2D eigenvalue weighted by Gasteiger charge is -2.23. The number of anilines is 2. The van der Waals surface area contributed by atoms with Crippen molar-refractivity contribution in [1.82, 2.24) is 14.8 Å². The van der Waals surface area contributed by atoms with Crippen molar-refractivity contribution in [2.24, 2.45) is 7.05 Å². The summed E-state index contributed by atoms with van der Waals surface area (Å²) in [4.78, 5) is 6.52. The van der Waals surface area contributed by atoms with Crippen molar-refractivity contribution < 1.29 is 0 Å². The Morgan fingerprint density at radius 1 is 1.39 bits per heavy atom. The molecule has 2 aromatic rings. The van der Waals surface area contributed by atoms with Crippen LogP contribution >= 0.6 is 0 Å². The summed E-state index contributed by atoms with van der Waals surface area (Å²) in [6, 6.07) is 5.93. The molecule has 0 aliphatic heterocycles. The van der Waals surface area contributed by atoms with Gasteiger partial charge in [0.1, 0.15) is 0 Å². The average molecular weight is 245 g/mol. The van der Waals surface area contributed by atoms with Crippen LogP contribution in [0, 0.1) is 6.92 Å². The summed E-state index contributed by atoms with van der Waals surface area (Å²) in [5, 5.41) is 4.35. The highest BCUT2D eigenvalue weighted by Gasteiger charge is 2.16. The summed E-state index contributed by atoms with van der Waals surface area (Å²) < 4.78 is 1.83. The molecule has 0 bridgehead atoms. The maximum Gasteiger partial charge on any atom is 0.150 e. The number of hydrogen-bond acceptors (Lipinski definition) is 4. The normalized spacial score (nSPS) is 10.6. The van der Waals surface area contributed by atoms with Gasteiger partial charge < -0.3 is 10.6 Å². The van der Waals surface area contributed by atoms with Gasteiger partial charge in [-0.25, -0.2) is 0 Å². The van der Waals surface area contributed by atoms with Gasteiger partial charge in [-0.2, -0.15) is 5.10 Å². The molecule has 0 spiro atoms. The van der Waals surface area contributed by atoms with Crippen LogP contribution in [0.1, 0.15) is 18.3 Å². The molecule has 0 atom stereocenters. The Labute approximate surface area is 107 Å². The fourth-order valence-corrected chi connectivity index (χ4v) is 2.06. The van der Waals surface area contributed by atoms with Crippen molar-refractivity contribution in [3.8, 4) is 0 Å². The molecule has 0 aromatic carbocycles. The van der Waals surface area contributed by atoms with Crippen molar-refractivity contribution >= 4 is 11.5 Å². The average Bonchev–Trinajstić information content (AvgIpc) is 2.62. The molecule has 0 unspecified atom stereocenters. The number of nitrogens with zero attached hydrogens (tertiary/aromatic N) is 4. The maximum atomic E-state index is 6.09. The van der Waals surface area contributed by atoms with Crippen molar-refractivity contribution in [3.05, 3.63) is 35.8 Å². The fourth-order valence-electron chi connectivity index (χ4n) is 2.06. The van der Waals surface area contributed by atoms with E-state index in [0.717, 1.165) is 36.0 Å². The van der Waals surface area contributed by atoms with Crippen LogP contribution in [0.25, 0.3) is 0 Å². The van der Waals surface area contributed by atoms with Crippen molar-refractivity contribution in [2.45, 2.75) is 20.4 Å². The summed E-state index contributed by atoms with van der Waals surface area (Å²) in [5.41, 5.74) is 8.73. The molecule has 0 saturated heterocycles. The molecule has 0 fully saturated rings. The van der Waals surface area contributed by atoms with E-state index in [4.69, 9.17) is 5.73 Å². The van der Waals surface area contributed by atoms with Gasteiger partial charge in [-0.3, -0.25) is 9.67 Å². The number of aromatic nitrogens is 3. The lowest BCUT2D eigenvalue weighted by molar-refractivity contribution is 0.701. The third kappa shape index (κ3) is 2.30. The van der Waals surface area contributed by atoms with Crippen LogP contribution in [0.4, 0.5) is 11.5 Å². The van der Waals surface area contributed by atoms with Crippen LogP contribution in [0.2, 0.25) is 0 Å². The molecule has 5 nitrogen and oxygen atoms in total. The summed E-state index contributed by atoms with van der Waals surface area (Å²) in [7, 11) is 1.92. The molecular weight excluding hydrogens is 226 g/mol. The molecule has 2 heterocycles. The van der Waals surface area contributed by atoms with E-state index >= 15 is 0 Å². The maximum absolute atomic E-state index is 6.09. The Hall–Kier alpha value is -2.04. The van der Waals surface area contributed by atoms with E-state index in [1.807, 2.05) is 36.9 Å². The largest absolute Gasteiger partial charge is 0.394 e. The summed E-state index contributed by atoms with van der Waals surface area (Å²) in [6.07, 6.45) is 1.81. The second kappa shape index (κ2) is 5.08. The summed E-state index contributed by atoms with van der Waals surface area (Å²) in [5.74, 6) is 0.959. The molecule has 2 aromatic heterocycles. The summed E-state index contributed by atoms with van der Waals surface area (Å²) in [6.45, 7) is 5.62. The first-order chi connectivity index (χ1) is 8.63. The molecule has 0 aliphatic rings. The highest BCUT2D eigenvalue weighted by molar-refractivity contribution is 5.66. The molecular formula is C13H19N5.